The molecule has 0 aliphatic heterocycles. The maximum Gasteiger partial charge on any atom is 0.184 e. The van der Waals surface area contributed by atoms with Gasteiger partial charge in [0.15, 0.2) is 5.13 Å². The van der Waals surface area contributed by atoms with Crippen molar-refractivity contribution in [2.75, 3.05) is 11.9 Å². The first-order valence-electron chi connectivity index (χ1n) is 5.20. The Bertz CT molecular complexity index is 356. The summed E-state index contributed by atoms with van der Waals surface area (Å²) in [5.74, 6) is 0.715. The van der Waals surface area contributed by atoms with Crippen molar-refractivity contribution in [3.05, 3.63) is 10.5 Å². The van der Waals surface area contributed by atoms with Crippen molar-refractivity contribution in [1.82, 2.24) is 4.98 Å². The maximum absolute atomic E-state index is 5.76. The Morgan fingerprint density at radius 1 is 1.40 bits per heavy atom. The van der Waals surface area contributed by atoms with Gasteiger partial charge in [-0.25, -0.2) is 4.98 Å². The van der Waals surface area contributed by atoms with Gasteiger partial charge >= 0.3 is 0 Å². The van der Waals surface area contributed by atoms with Gasteiger partial charge in [-0.2, -0.15) is 0 Å². The number of hydrogen-bond donors (Lipinski definition) is 1. The quantitative estimate of drug-likeness (QED) is 0.873. The molecular formula is C11H17ClN2S. The van der Waals surface area contributed by atoms with Crippen LogP contribution in [0.25, 0.3) is 0 Å². The van der Waals surface area contributed by atoms with Crippen LogP contribution in [0.15, 0.2) is 5.38 Å². The van der Waals surface area contributed by atoms with Gasteiger partial charge in [-0.3, -0.25) is 0 Å². The Balaban J connectivity index is 1.91. The second-order valence-corrected chi connectivity index (χ2v) is 6.60. The predicted octanol–water partition coefficient (Wildman–Crippen LogP) is 3.89. The van der Waals surface area contributed by atoms with E-state index in [2.05, 4.69) is 38.0 Å². The van der Waals surface area contributed by atoms with Crippen LogP contribution in [0.5, 0.6) is 0 Å². The van der Waals surface area contributed by atoms with Crippen LogP contribution < -0.4 is 5.32 Å². The molecule has 15 heavy (non-hydrogen) atoms. The summed E-state index contributed by atoms with van der Waals surface area (Å²) in [6.07, 6.45) is 0. The average Bonchev–Trinajstić information content (AvgIpc) is 2.50. The Morgan fingerprint density at radius 3 is 2.40 bits per heavy atom. The van der Waals surface area contributed by atoms with Gasteiger partial charge in [0.05, 0.1) is 0 Å². The van der Waals surface area contributed by atoms with Crippen LogP contribution in [0, 0.1) is 16.7 Å². The molecule has 1 fully saturated rings. The zero-order valence-corrected chi connectivity index (χ0v) is 11.2. The number of halogens is 1. The van der Waals surface area contributed by atoms with E-state index in [1.165, 1.54) is 0 Å². The van der Waals surface area contributed by atoms with E-state index in [9.17, 15) is 0 Å². The van der Waals surface area contributed by atoms with E-state index in [0.717, 1.165) is 11.7 Å². The second-order valence-electron chi connectivity index (χ2n) is 5.35. The highest BCUT2D eigenvalue weighted by molar-refractivity contribution is 7.14. The highest BCUT2D eigenvalue weighted by Gasteiger charge is 2.64. The van der Waals surface area contributed by atoms with Gasteiger partial charge in [0.1, 0.15) is 5.15 Å². The van der Waals surface area contributed by atoms with Crippen molar-refractivity contribution in [1.29, 1.82) is 0 Å². The summed E-state index contributed by atoms with van der Waals surface area (Å²) in [6.45, 7) is 10.3. The lowest BCUT2D eigenvalue weighted by Gasteiger charge is -2.04. The van der Waals surface area contributed by atoms with E-state index in [-0.39, 0.29) is 0 Å². The fourth-order valence-corrected chi connectivity index (χ4v) is 3.22. The van der Waals surface area contributed by atoms with E-state index in [1.807, 2.05) is 5.38 Å². The van der Waals surface area contributed by atoms with Crippen LogP contribution in [0.2, 0.25) is 5.15 Å². The van der Waals surface area contributed by atoms with Crippen molar-refractivity contribution < 1.29 is 0 Å². The van der Waals surface area contributed by atoms with Crippen molar-refractivity contribution in [3.63, 3.8) is 0 Å². The molecule has 0 unspecified atom stereocenters. The summed E-state index contributed by atoms with van der Waals surface area (Å²) in [5, 5.41) is 6.73. The Morgan fingerprint density at radius 2 is 2.00 bits per heavy atom. The molecule has 4 heteroatoms. The molecule has 2 nitrogen and oxygen atoms in total. The first-order chi connectivity index (χ1) is 6.85. The molecule has 1 aromatic heterocycles. The molecular weight excluding hydrogens is 228 g/mol. The van der Waals surface area contributed by atoms with Gasteiger partial charge in [0.25, 0.3) is 0 Å². The van der Waals surface area contributed by atoms with Crippen molar-refractivity contribution in [2.45, 2.75) is 27.7 Å². The third-order valence-electron chi connectivity index (χ3n) is 4.25. The zero-order valence-electron chi connectivity index (χ0n) is 9.60. The van der Waals surface area contributed by atoms with Gasteiger partial charge in [0, 0.05) is 11.9 Å². The lowest BCUT2D eigenvalue weighted by Crippen LogP contribution is -2.07. The molecule has 0 aromatic carbocycles. The minimum absolute atomic E-state index is 0.432. The lowest BCUT2D eigenvalue weighted by molar-refractivity contribution is 0.457. The summed E-state index contributed by atoms with van der Waals surface area (Å²) in [4.78, 5) is 4.18. The Labute approximate surface area is 100 Å². The highest BCUT2D eigenvalue weighted by Crippen LogP contribution is 2.68. The zero-order chi connectivity index (χ0) is 11.3. The number of thiazole rings is 1. The molecule has 0 atom stereocenters. The molecule has 1 N–H and O–H groups in total. The van der Waals surface area contributed by atoms with Gasteiger partial charge in [0.2, 0.25) is 0 Å². The fourth-order valence-electron chi connectivity index (χ4n) is 2.37. The number of aromatic nitrogens is 1. The van der Waals surface area contributed by atoms with E-state index >= 15 is 0 Å². The average molecular weight is 245 g/mol. The molecule has 84 valence electrons. The first kappa shape index (κ1) is 11.2. The third kappa shape index (κ3) is 1.76. The summed E-state index contributed by atoms with van der Waals surface area (Å²) in [5.41, 5.74) is 0.863. The normalized spacial score (nSPS) is 22.7. The molecule has 1 heterocycles. The highest BCUT2D eigenvalue weighted by atomic mass is 35.5. The molecule has 0 amide bonds. The molecule has 1 aromatic rings. The first-order valence-corrected chi connectivity index (χ1v) is 6.46. The number of hydrogen-bond acceptors (Lipinski definition) is 3. The van der Waals surface area contributed by atoms with Crippen molar-refractivity contribution >= 4 is 28.1 Å². The standard InChI is InChI=1S/C11H17ClN2S/c1-10(2)7(11(10,3)4)5-13-9-14-8(12)6-15-9/h6-7H,5H2,1-4H3,(H,13,14). The SMILES string of the molecule is CC1(C)C(CNc2nc(Cl)cs2)C1(C)C. The fraction of sp³-hybridized carbons (Fsp3) is 0.727. The second kappa shape index (κ2) is 3.36. The third-order valence-corrected chi connectivity index (χ3v) is 5.38. The van der Waals surface area contributed by atoms with Gasteiger partial charge in [-0.05, 0) is 16.7 Å². The molecule has 1 aliphatic carbocycles. The smallest absolute Gasteiger partial charge is 0.184 e. The molecule has 0 bridgehead atoms. The Hall–Kier alpha value is -0.280. The number of rotatable bonds is 3. The lowest BCUT2D eigenvalue weighted by atomic mass is 10.0. The minimum atomic E-state index is 0.432. The van der Waals surface area contributed by atoms with E-state index in [1.54, 1.807) is 11.3 Å². The van der Waals surface area contributed by atoms with E-state index < -0.39 is 0 Å². The summed E-state index contributed by atoms with van der Waals surface area (Å²) in [6, 6.07) is 0. The van der Waals surface area contributed by atoms with Crippen molar-refractivity contribution in [3.8, 4) is 0 Å². The molecule has 0 saturated heterocycles. The largest absolute Gasteiger partial charge is 0.361 e. The van der Waals surface area contributed by atoms with Crippen LogP contribution in [-0.2, 0) is 0 Å². The Kier molecular flexibility index (Phi) is 2.51. The molecule has 1 aliphatic rings. The number of anilines is 1. The van der Waals surface area contributed by atoms with E-state index in [4.69, 9.17) is 11.6 Å². The maximum atomic E-state index is 5.76. The van der Waals surface area contributed by atoms with Crippen LogP contribution in [0.3, 0.4) is 0 Å². The van der Waals surface area contributed by atoms with Gasteiger partial charge < -0.3 is 5.32 Å². The number of nitrogens with one attached hydrogen (secondary N) is 1. The molecule has 0 spiro atoms. The molecule has 0 radical (unpaired) electrons. The topological polar surface area (TPSA) is 24.9 Å². The van der Waals surface area contributed by atoms with Crippen LogP contribution >= 0.6 is 22.9 Å². The monoisotopic (exact) mass is 244 g/mol. The van der Waals surface area contributed by atoms with Gasteiger partial charge in [-0.1, -0.05) is 39.3 Å². The summed E-state index contributed by atoms with van der Waals surface area (Å²) >= 11 is 7.33. The minimum Gasteiger partial charge on any atom is -0.361 e. The molecule has 1 saturated carbocycles. The summed E-state index contributed by atoms with van der Waals surface area (Å²) < 4.78 is 0. The molecule has 2 rings (SSSR count). The van der Waals surface area contributed by atoms with Gasteiger partial charge in [-0.15, -0.1) is 11.3 Å². The van der Waals surface area contributed by atoms with Crippen LogP contribution in [0.1, 0.15) is 27.7 Å². The van der Waals surface area contributed by atoms with E-state index in [0.29, 0.717) is 21.9 Å². The van der Waals surface area contributed by atoms with Crippen molar-refractivity contribution in [2.24, 2.45) is 16.7 Å². The van der Waals surface area contributed by atoms with Crippen LogP contribution in [-0.4, -0.2) is 11.5 Å². The number of nitrogens with zero attached hydrogens (tertiary/aromatic N) is 1. The predicted molar refractivity (Wildman–Crippen MR) is 66.7 cm³/mol. The van der Waals surface area contributed by atoms with Crippen LogP contribution in [0.4, 0.5) is 5.13 Å². The summed E-state index contributed by atoms with van der Waals surface area (Å²) in [7, 11) is 0.